The number of rotatable bonds is 6. The number of halogens is 2. The van der Waals surface area contributed by atoms with Crippen molar-refractivity contribution in [3.8, 4) is 6.07 Å². The van der Waals surface area contributed by atoms with Crippen LogP contribution in [0.4, 0.5) is 11.4 Å². The summed E-state index contributed by atoms with van der Waals surface area (Å²) in [6.45, 7) is 3.64. The first-order valence-corrected chi connectivity index (χ1v) is 11.9. The Balaban J connectivity index is 1.77. The maximum atomic E-state index is 12.8. The number of hydrogen-bond donors (Lipinski definition) is 2. The molecule has 3 rings (SSSR count). The third-order valence-electron chi connectivity index (χ3n) is 4.77. The normalized spacial score (nSPS) is 11.5. The summed E-state index contributed by atoms with van der Waals surface area (Å²) in [5, 5.41) is 12.7. The van der Waals surface area contributed by atoms with Crippen LogP contribution in [0.1, 0.15) is 16.7 Å². The number of amides is 1. The zero-order valence-electron chi connectivity index (χ0n) is 17.7. The van der Waals surface area contributed by atoms with E-state index < -0.39 is 15.9 Å². The number of nitrogens with one attached hydrogen (secondary N) is 2. The number of carbonyl (C=O) groups excluding carboxylic acids is 1. The molecule has 0 aliphatic carbocycles. The number of aryl methyl sites for hydroxylation is 2. The molecular formula is C24H19Cl2N3O3S. The van der Waals surface area contributed by atoms with Crippen molar-refractivity contribution in [2.24, 2.45) is 0 Å². The first-order chi connectivity index (χ1) is 15.6. The number of nitrogens with zero attached hydrogens (tertiary/aromatic N) is 1. The van der Waals surface area contributed by atoms with Crippen LogP contribution < -0.4 is 10.0 Å². The molecule has 0 fully saturated rings. The second-order valence-electron chi connectivity index (χ2n) is 7.19. The van der Waals surface area contributed by atoms with E-state index in [1.165, 1.54) is 36.4 Å². The first kappa shape index (κ1) is 24.3. The Morgan fingerprint density at radius 2 is 1.64 bits per heavy atom. The van der Waals surface area contributed by atoms with Crippen molar-refractivity contribution in [1.29, 1.82) is 5.26 Å². The van der Waals surface area contributed by atoms with Crippen LogP contribution in [0.15, 0.2) is 71.1 Å². The number of nitriles is 1. The molecule has 0 aliphatic rings. The van der Waals surface area contributed by atoms with Crippen LogP contribution in [0.25, 0.3) is 6.08 Å². The summed E-state index contributed by atoms with van der Waals surface area (Å²) in [6.07, 6.45) is 1.35. The first-order valence-electron chi connectivity index (χ1n) is 9.68. The lowest BCUT2D eigenvalue weighted by Crippen LogP contribution is -2.16. The molecule has 168 valence electrons. The molecule has 0 unspecified atom stereocenters. The van der Waals surface area contributed by atoms with Gasteiger partial charge in [0.2, 0.25) is 0 Å². The topological polar surface area (TPSA) is 99.1 Å². The SMILES string of the molecule is Cc1cccc(C)c1NS(=O)(=O)c1ccc(NC(=O)/C(C#N)=C/c2ccc(Cl)cc2Cl)cc1. The van der Waals surface area contributed by atoms with Crippen LogP contribution in [0.3, 0.4) is 0 Å². The number of benzene rings is 3. The lowest BCUT2D eigenvalue weighted by atomic mass is 10.1. The van der Waals surface area contributed by atoms with Crippen LogP contribution in [0, 0.1) is 25.2 Å². The summed E-state index contributed by atoms with van der Waals surface area (Å²) in [4.78, 5) is 12.6. The van der Waals surface area contributed by atoms with E-state index in [0.29, 0.717) is 27.0 Å². The van der Waals surface area contributed by atoms with Gasteiger partial charge in [-0.1, -0.05) is 47.5 Å². The van der Waals surface area contributed by atoms with Gasteiger partial charge in [0.05, 0.1) is 10.6 Å². The molecule has 0 aromatic heterocycles. The fourth-order valence-corrected chi connectivity index (χ4v) is 4.67. The third-order valence-corrected chi connectivity index (χ3v) is 6.70. The fourth-order valence-electron chi connectivity index (χ4n) is 3.01. The average molecular weight is 500 g/mol. The van der Waals surface area contributed by atoms with E-state index in [-0.39, 0.29) is 10.5 Å². The maximum Gasteiger partial charge on any atom is 0.266 e. The highest BCUT2D eigenvalue weighted by molar-refractivity contribution is 7.92. The fraction of sp³-hybridized carbons (Fsp3) is 0.0833. The van der Waals surface area contributed by atoms with Gasteiger partial charge in [-0.25, -0.2) is 8.42 Å². The molecule has 0 heterocycles. The van der Waals surface area contributed by atoms with E-state index in [2.05, 4.69) is 10.0 Å². The lowest BCUT2D eigenvalue weighted by Gasteiger charge is -2.13. The van der Waals surface area contributed by atoms with Gasteiger partial charge in [0.15, 0.2) is 0 Å². The molecule has 33 heavy (non-hydrogen) atoms. The minimum absolute atomic E-state index is 0.0344. The Kier molecular flexibility index (Phi) is 7.44. The molecule has 0 bridgehead atoms. The van der Waals surface area contributed by atoms with Crippen molar-refractivity contribution in [2.45, 2.75) is 18.7 Å². The molecule has 3 aromatic rings. The second kappa shape index (κ2) is 10.1. The molecule has 2 N–H and O–H groups in total. The highest BCUT2D eigenvalue weighted by Crippen LogP contribution is 2.25. The zero-order chi connectivity index (χ0) is 24.2. The zero-order valence-corrected chi connectivity index (χ0v) is 20.0. The van der Waals surface area contributed by atoms with E-state index in [0.717, 1.165) is 11.1 Å². The Labute approximate surface area is 202 Å². The van der Waals surface area contributed by atoms with Crippen molar-refractivity contribution in [3.63, 3.8) is 0 Å². The summed E-state index contributed by atoms with van der Waals surface area (Å²) in [5.74, 6) is -0.659. The standard InChI is InChI=1S/C24H19Cl2N3O3S/c1-15-4-3-5-16(2)23(15)29-33(31,32)21-10-8-20(9-11-21)28-24(30)18(14-27)12-17-6-7-19(25)13-22(17)26/h3-13,29H,1-2H3,(H,28,30)/b18-12+. The predicted octanol–water partition coefficient (Wildman–Crippen LogP) is 5.96. The summed E-state index contributed by atoms with van der Waals surface area (Å²) >= 11 is 12.0. The highest BCUT2D eigenvalue weighted by Gasteiger charge is 2.17. The Morgan fingerprint density at radius 1 is 1.00 bits per heavy atom. The van der Waals surface area contributed by atoms with Gasteiger partial charge in [0, 0.05) is 15.7 Å². The molecule has 0 radical (unpaired) electrons. The molecule has 0 saturated heterocycles. The third kappa shape index (κ3) is 5.93. The Morgan fingerprint density at radius 3 is 2.21 bits per heavy atom. The summed E-state index contributed by atoms with van der Waals surface area (Å²) < 4.78 is 28.2. The number of para-hydroxylation sites is 1. The van der Waals surface area contributed by atoms with Crippen molar-refractivity contribution in [3.05, 3.63) is 93.0 Å². The van der Waals surface area contributed by atoms with Gasteiger partial charge in [0.1, 0.15) is 11.6 Å². The molecule has 1 amide bonds. The van der Waals surface area contributed by atoms with Gasteiger partial charge < -0.3 is 5.32 Å². The minimum atomic E-state index is -3.83. The van der Waals surface area contributed by atoms with E-state index in [9.17, 15) is 18.5 Å². The quantitative estimate of drug-likeness (QED) is 0.322. The van der Waals surface area contributed by atoms with Crippen molar-refractivity contribution in [1.82, 2.24) is 0 Å². The van der Waals surface area contributed by atoms with Gasteiger partial charge in [-0.05, 0) is 73.0 Å². The van der Waals surface area contributed by atoms with Crippen LogP contribution in [-0.2, 0) is 14.8 Å². The van der Waals surface area contributed by atoms with Crippen molar-refractivity contribution < 1.29 is 13.2 Å². The van der Waals surface area contributed by atoms with Gasteiger partial charge in [0.25, 0.3) is 15.9 Å². The van der Waals surface area contributed by atoms with Crippen LogP contribution in [0.5, 0.6) is 0 Å². The molecule has 9 heteroatoms. The summed E-state index contributed by atoms with van der Waals surface area (Å²) in [7, 11) is -3.83. The van der Waals surface area contributed by atoms with E-state index >= 15 is 0 Å². The predicted molar refractivity (Wildman–Crippen MR) is 132 cm³/mol. The van der Waals surface area contributed by atoms with E-state index in [4.69, 9.17) is 23.2 Å². The number of carbonyl (C=O) groups is 1. The lowest BCUT2D eigenvalue weighted by molar-refractivity contribution is -0.112. The van der Waals surface area contributed by atoms with Gasteiger partial charge >= 0.3 is 0 Å². The highest BCUT2D eigenvalue weighted by atomic mass is 35.5. The van der Waals surface area contributed by atoms with Crippen LogP contribution in [-0.4, -0.2) is 14.3 Å². The molecule has 0 spiro atoms. The summed E-state index contributed by atoms with van der Waals surface area (Å²) in [6, 6.07) is 17.7. The molecule has 6 nitrogen and oxygen atoms in total. The molecule has 0 saturated carbocycles. The second-order valence-corrected chi connectivity index (χ2v) is 9.71. The van der Waals surface area contributed by atoms with Gasteiger partial charge in [-0.15, -0.1) is 0 Å². The average Bonchev–Trinajstić information content (AvgIpc) is 2.76. The molecule has 3 aromatic carbocycles. The van der Waals surface area contributed by atoms with Gasteiger partial charge in [-0.3, -0.25) is 9.52 Å². The largest absolute Gasteiger partial charge is 0.321 e. The van der Waals surface area contributed by atoms with E-state index in [1.807, 2.05) is 38.1 Å². The number of sulfonamides is 1. The Bertz CT molecular complexity index is 1370. The molecule has 0 atom stereocenters. The van der Waals surface area contributed by atoms with Crippen LogP contribution in [0.2, 0.25) is 10.0 Å². The van der Waals surface area contributed by atoms with E-state index in [1.54, 1.807) is 12.1 Å². The molecular weight excluding hydrogens is 481 g/mol. The molecule has 0 aliphatic heterocycles. The maximum absolute atomic E-state index is 12.8. The van der Waals surface area contributed by atoms with Crippen molar-refractivity contribution in [2.75, 3.05) is 10.0 Å². The smallest absolute Gasteiger partial charge is 0.266 e. The van der Waals surface area contributed by atoms with Crippen molar-refractivity contribution >= 4 is 56.6 Å². The number of anilines is 2. The van der Waals surface area contributed by atoms with Crippen LogP contribution >= 0.6 is 23.2 Å². The monoisotopic (exact) mass is 499 g/mol. The number of hydrogen-bond acceptors (Lipinski definition) is 4. The summed E-state index contributed by atoms with van der Waals surface area (Å²) in [5.41, 5.74) is 2.76. The Hall–Kier alpha value is -3.31. The minimum Gasteiger partial charge on any atom is -0.321 e. The van der Waals surface area contributed by atoms with Gasteiger partial charge in [-0.2, -0.15) is 5.26 Å².